The third-order valence-corrected chi connectivity index (χ3v) is 5.07. The van der Waals surface area contributed by atoms with Gasteiger partial charge in [0.05, 0.1) is 12.6 Å². The van der Waals surface area contributed by atoms with Gasteiger partial charge in [-0.3, -0.25) is 4.79 Å². The number of carbonyl (C=O) groups excluding carboxylic acids is 2. The molecule has 0 bridgehead atoms. The molecule has 1 saturated heterocycles. The minimum Gasteiger partial charge on any atom is -0.494 e. The van der Waals surface area contributed by atoms with Gasteiger partial charge < -0.3 is 30.2 Å². The maximum Gasteiger partial charge on any atom is 0.435 e. The molecule has 2 amide bonds. The van der Waals surface area contributed by atoms with E-state index in [1.54, 1.807) is 43.3 Å². The van der Waals surface area contributed by atoms with E-state index < -0.39 is 6.09 Å². The fraction of sp³-hybridized carbons (Fsp3) is 0.375. The van der Waals surface area contributed by atoms with Gasteiger partial charge in [0, 0.05) is 32.6 Å². The van der Waals surface area contributed by atoms with E-state index in [4.69, 9.17) is 19.9 Å². The number of carbonyl (C=O) groups is 2. The van der Waals surface area contributed by atoms with Crippen LogP contribution < -0.4 is 20.5 Å². The third kappa shape index (κ3) is 6.95. The van der Waals surface area contributed by atoms with E-state index in [0.29, 0.717) is 30.9 Å². The van der Waals surface area contributed by atoms with Gasteiger partial charge in [0.1, 0.15) is 30.0 Å². The van der Waals surface area contributed by atoms with E-state index in [9.17, 15) is 9.59 Å². The molecule has 3 N–H and O–H groups in total. The summed E-state index contributed by atoms with van der Waals surface area (Å²) in [6.07, 6.45) is -0.355. The minimum absolute atomic E-state index is 0.0231. The van der Waals surface area contributed by atoms with Crippen molar-refractivity contribution in [3.05, 3.63) is 59.7 Å². The van der Waals surface area contributed by atoms with Crippen molar-refractivity contribution in [3.8, 4) is 11.5 Å². The van der Waals surface area contributed by atoms with Crippen LogP contribution in [0.3, 0.4) is 0 Å². The number of hydrogen-bond acceptors (Lipinski definition) is 6. The van der Waals surface area contributed by atoms with Crippen LogP contribution in [-0.2, 0) is 16.1 Å². The monoisotopic (exact) mass is 454 g/mol. The summed E-state index contributed by atoms with van der Waals surface area (Å²) in [6.45, 7) is 3.14. The van der Waals surface area contributed by atoms with Gasteiger partial charge in [0.15, 0.2) is 0 Å². The number of amides is 2. The average molecular weight is 455 g/mol. The van der Waals surface area contributed by atoms with Crippen molar-refractivity contribution < 1.29 is 23.8 Å². The second-order valence-electron chi connectivity index (χ2n) is 7.83. The molecule has 9 nitrogen and oxygen atoms in total. The zero-order valence-corrected chi connectivity index (χ0v) is 19.1. The molecule has 0 aromatic heterocycles. The van der Waals surface area contributed by atoms with E-state index in [1.165, 1.54) is 0 Å². The number of hydrogen-bond donors (Lipinski definition) is 2. The van der Waals surface area contributed by atoms with E-state index in [-0.39, 0.29) is 30.5 Å². The lowest BCUT2D eigenvalue weighted by Gasteiger charge is -2.16. The van der Waals surface area contributed by atoms with Crippen molar-refractivity contribution in [2.24, 2.45) is 10.7 Å². The Balaban J connectivity index is 1.54. The topological polar surface area (TPSA) is 115 Å². The first-order chi connectivity index (χ1) is 15.9. The second-order valence-corrected chi connectivity index (χ2v) is 7.83. The van der Waals surface area contributed by atoms with Crippen LogP contribution in [0.1, 0.15) is 24.5 Å². The van der Waals surface area contributed by atoms with Crippen molar-refractivity contribution in [1.82, 2.24) is 10.2 Å². The number of ether oxygens (including phenoxy) is 3. The molecule has 9 heteroatoms. The van der Waals surface area contributed by atoms with Crippen molar-refractivity contribution >= 4 is 17.8 Å². The normalized spacial score (nSPS) is 18.0. The first-order valence-electron chi connectivity index (χ1n) is 10.8. The van der Waals surface area contributed by atoms with E-state index in [1.807, 2.05) is 31.2 Å². The van der Waals surface area contributed by atoms with Crippen LogP contribution in [0.15, 0.2) is 53.5 Å². The Hall–Kier alpha value is -3.59. The molecule has 3 rings (SSSR count). The molecule has 2 atom stereocenters. The van der Waals surface area contributed by atoms with Crippen LogP contribution in [0, 0.1) is 0 Å². The zero-order chi connectivity index (χ0) is 23.8. The number of nitrogens with zero attached hydrogens (tertiary/aromatic N) is 2. The Bertz CT molecular complexity index is 991. The van der Waals surface area contributed by atoms with Gasteiger partial charge in [-0.2, -0.15) is 4.99 Å². The highest BCUT2D eigenvalue weighted by molar-refractivity contribution is 6.02. The zero-order valence-electron chi connectivity index (χ0n) is 19.1. The first kappa shape index (κ1) is 24.1. The Kier molecular flexibility index (Phi) is 8.26. The van der Waals surface area contributed by atoms with Crippen LogP contribution in [0.25, 0.3) is 0 Å². The fourth-order valence-electron chi connectivity index (χ4n) is 3.40. The predicted molar refractivity (Wildman–Crippen MR) is 124 cm³/mol. The Morgan fingerprint density at radius 2 is 1.91 bits per heavy atom. The molecule has 33 heavy (non-hydrogen) atoms. The summed E-state index contributed by atoms with van der Waals surface area (Å²) < 4.78 is 16.6. The van der Waals surface area contributed by atoms with Gasteiger partial charge in [-0.1, -0.05) is 24.3 Å². The summed E-state index contributed by atoms with van der Waals surface area (Å²) in [6, 6.07) is 14.0. The highest BCUT2D eigenvalue weighted by Crippen LogP contribution is 2.20. The number of likely N-dealkylation sites (N-methyl/N-ethyl adjacent to an activating group) is 1. The van der Waals surface area contributed by atoms with Gasteiger partial charge in [0.25, 0.3) is 0 Å². The summed E-state index contributed by atoms with van der Waals surface area (Å²) in [4.78, 5) is 29.6. The second kappa shape index (κ2) is 11.3. The standard InChI is InChI=1S/C24H30N4O5/c1-4-31-18-10-8-16(9-11-18)15-32-24(30)27-22(25)17-6-5-7-19(12-17)33-20-13-21(26-14-20)23(29)28(2)3/h5-12,20-21,26H,4,13-15H2,1-3H3,(H2,25,27,30)/t20-,21+/m0/s1. The molecule has 1 fully saturated rings. The molecule has 0 unspecified atom stereocenters. The summed E-state index contributed by atoms with van der Waals surface area (Å²) in [7, 11) is 3.46. The van der Waals surface area contributed by atoms with Gasteiger partial charge in [-0.25, -0.2) is 4.79 Å². The van der Waals surface area contributed by atoms with Gasteiger partial charge >= 0.3 is 6.09 Å². The van der Waals surface area contributed by atoms with Crippen molar-refractivity contribution in [1.29, 1.82) is 0 Å². The highest BCUT2D eigenvalue weighted by Gasteiger charge is 2.31. The molecule has 1 heterocycles. The van der Waals surface area contributed by atoms with Crippen LogP contribution in [0.4, 0.5) is 4.79 Å². The van der Waals surface area contributed by atoms with Gasteiger partial charge in [-0.15, -0.1) is 0 Å². The maximum absolute atomic E-state index is 12.1. The lowest BCUT2D eigenvalue weighted by Crippen LogP contribution is -2.39. The first-order valence-corrected chi connectivity index (χ1v) is 10.8. The Morgan fingerprint density at radius 1 is 1.15 bits per heavy atom. The fourth-order valence-corrected chi connectivity index (χ4v) is 3.40. The smallest absolute Gasteiger partial charge is 0.435 e. The molecule has 0 aliphatic carbocycles. The number of nitrogens with one attached hydrogen (secondary N) is 1. The molecule has 0 spiro atoms. The van der Waals surface area contributed by atoms with Crippen molar-refractivity contribution in [3.63, 3.8) is 0 Å². The molecule has 0 radical (unpaired) electrons. The van der Waals surface area contributed by atoms with Crippen LogP contribution in [0.5, 0.6) is 11.5 Å². The number of amidine groups is 1. The summed E-state index contributed by atoms with van der Waals surface area (Å²) in [5.74, 6) is 1.39. The van der Waals surface area contributed by atoms with Crippen LogP contribution >= 0.6 is 0 Å². The molecule has 176 valence electrons. The maximum atomic E-state index is 12.1. The molecule has 0 saturated carbocycles. The number of rotatable bonds is 8. The van der Waals surface area contributed by atoms with Gasteiger partial charge in [0.2, 0.25) is 5.91 Å². The highest BCUT2D eigenvalue weighted by atomic mass is 16.5. The quantitative estimate of drug-likeness (QED) is 0.465. The molecular formula is C24H30N4O5. The van der Waals surface area contributed by atoms with Crippen LogP contribution in [0.2, 0.25) is 0 Å². The Labute approximate surface area is 193 Å². The van der Waals surface area contributed by atoms with E-state index >= 15 is 0 Å². The summed E-state index contributed by atoms with van der Waals surface area (Å²) in [5.41, 5.74) is 7.36. The van der Waals surface area contributed by atoms with E-state index in [2.05, 4.69) is 10.3 Å². The van der Waals surface area contributed by atoms with Crippen LogP contribution in [-0.4, -0.2) is 62.1 Å². The van der Waals surface area contributed by atoms with Crippen molar-refractivity contribution in [2.45, 2.75) is 32.1 Å². The number of benzene rings is 2. The summed E-state index contributed by atoms with van der Waals surface area (Å²) in [5, 5.41) is 3.18. The number of nitrogens with two attached hydrogens (primary N) is 1. The molecule has 1 aliphatic heterocycles. The Morgan fingerprint density at radius 3 is 2.61 bits per heavy atom. The van der Waals surface area contributed by atoms with Crippen molar-refractivity contribution in [2.75, 3.05) is 27.2 Å². The lowest BCUT2D eigenvalue weighted by atomic mass is 10.1. The minimum atomic E-state index is -0.780. The third-order valence-electron chi connectivity index (χ3n) is 5.07. The molecular weight excluding hydrogens is 424 g/mol. The molecule has 2 aromatic carbocycles. The SMILES string of the molecule is CCOc1ccc(COC(=O)N=C(N)c2cccc(O[C@@H]3CN[C@@H](C(=O)N(C)C)C3)c2)cc1. The number of aliphatic imine (C=N–C) groups is 1. The average Bonchev–Trinajstić information content (AvgIpc) is 3.26. The molecule has 2 aromatic rings. The largest absolute Gasteiger partial charge is 0.494 e. The van der Waals surface area contributed by atoms with E-state index in [0.717, 1.165) is 11.3 Å². The molecule has 1 aliphatic rings. The van der Waals surface area contributed by atoms with Gasteiger partial charge in [-0.05, 0) is 36.8 Å². The summed E-state index contributed by atoms with van der Waals surface area (Å²) >= 11 is 0. The lowest BCUT2D eigenvalue weighted by molar-refractivity contribution is -0.130. The predicted octanol–water partition coefficient (Wildman–Crippen LogP) is 2.32.